The maximum atomic E-state index is 14.6. The minimum absolute atomic E-state index is 0.123. The van der Waals surface area contributed by atoms with Crippen LogP contribution in [0, 0.1) is 29.1 Å². The van der Waals surface area contributed by atoms with Crippen molar-refractivity contribution in [1.29, 1.82) is 0 Å². The molecule has 0 aliphatic heterocycles. The molecule has 0 saturated carbocycles. The van der Waals surface area contributed by atoms with Crippen molar-refractivity contribution >= 4 is 0 Å². The average molecular weight is 448 g/mol. The number of hydrogen-bond acceptors (Lipinski definition) is 2. The summed E-state index contributed by atoms with van der Waals surface area (Å²) in [7, 11) is 1.50. The number of aromatic amines is 2. The average Bonchev–Trinajstić information content (AvgIpc) is 3.51. The van der Waals surface area contributed by atoms with E-state index in [0.29, 0.717) is 11.3 Å². The van der Waals surface area contributed by atoms with Crippen molar-refractivity contribution in [3.63, 3.8) is 0 Å². The van der Waals surface area contributed by atoms with Crippen molar-refractivity contribution in [2.45, 2.75) is 12.0 Å². The van der Waals surface area contributed by atoms with Gasteiger partial charge in [-0.25, -0.2) is 22.0 Å². The Labute approximate surface area is 179 Å². The lowest BCUT2D eigenvalue weighted by molar-refractivity contribution is 0.215. The number of nitrogens with one attached hydrogen (secondary N) is 2. The fraction of sp³-hybridized carbons (Fsp3) is 0.130. The minimum atomic E-state index is -2.23. The first kappa shape index (κ1) is 21.6. The Bertz CT molecular complexity index is 1210. The highest BCUT2D eigenvalue weighted by atomic mass is 19.2. The van der Waals surface area contributed by atoms with Crippen LogP contribution in [0.4, 0.5) is 22.0 Å². The number of aliphatic hydroxyl groups is 1. The second kappa shape index (κ2) is 8.51. The summed E-state index contributed by atoms with van der Waals surface area (Å²) in [5, 5.41) is 10.7. The van der Waals surface area contributed by atoms with E-state index in [2.05, 4.69) is 9.97 Å². The van der Waals surface area contributed by atoms with Gasteiger partial charge in [-0.15, -0.1) is 0 Å². The lowest BCUT2D eigenvalue weighted by Gasteiger charge is -2.18. The molecule has 0 aliphatic rings. The molecule has 2 aromatic heterocycles. The monoisotopic (exact) mass is 448 g/mol. The maximum absolute atomic E-state index is 14.6. The van der Waals surface area contributed by atoms with Gasteiger partial charge in [-0.2, -0.15) is 0 Å². The molecule has 4 nitrogen and oxygen atoms in total. The number of ether oxygens (including phenoxy) is 1. The second-order valence-electron chi connectivity index (χ2n) is 7.09. The van der Waals surface area contributed by atoms with Gasteiger partial charge in [0.05, 0.1) is 13.0 Å². The largest absolute Gasteiger partial charge is 0.497 e. The number of aliphatic hydroxyl groups excluding tert-OH is 1. The van der Waals surface area contributed by atoms with Crippen LogP contribution in [0.1, 0.15) is 40.2 Å². The Morgan fingerprint density at radius 1 is 0.750 bits per heavy atom. The topological polar surface area (TPSA) is 61.0 Å². The van der Waals surface area contributed by atoms with E-state index in [4.69, 9.17) is 4.74 Å². The summed E-state index contributed by atoms with van der Waals surface area (Å²) in [5.74, 6) is -10.9. The van der Waals surface area contributed by atoms with E-state index in [1.807, 2.05) is 0 Å². The number of aromatic nitrogens is 2. The molecule has 32 heavy (non-hydrogen) atoms. The molecule has 2 aromatic carbocycles. The Morgan fingerprint density at radius 3 is 1.91 bits per heavy atom. The molecule has 4 aromatic rings. The fourth-order valence-corrected chi connectivity index (χ4v) is 3.60. The van der Waals surface area contributed by atoms with Crippen molar-refractivity contribution in [2.24, 2.45) is 0 Å². The molecule has 2 atom stereocenters. The maximum Gasteiger partial charge on any atom is 0.200 e. The molecule has 0 saturated heterocycles. The van der Waals surface area contributed by atoms with Crippen LogP contribution in [0.5, 0.6) is 5.75 Å². The summed E-state index contributed by atoms with van der Waals surface area (Å²) in [5.41, 5.74) is 0.0902. The zero-order valence-electron chi connectivity index (χ0n) is 16.6. The summed E-state index contributed by atoms with van der Waals surface area (Å²) >= 11 is 0. The van der Waals surface area contributed by atoms with E-state index in [1.165, 1.54) is 37.6 Å². The first-order chi connectivity index (χ1) is 15.3. The number of H-pyrrole nitrogens is 2. The van der Waals surface area contributed by atoms with Gasteiger partial charge in [0.1, 0.15) is 11.9 Å². The molecule has 0 aliphatic carbocycles. The minimum Gasteiger partial charge on any atom is -0.497 e. The molecule has 2 heterocycles. The molecule has 2 unspecified atom stereocenters. The summed E-state index contributed by atoms with van der Waals surface area (Å²) in [6.07, 6.45) is 0.333. The third-order valence-electron chi connectivity index (χ3n) is 5.23. The van der Waals surface area contributed by atoms with E-state index in [-0.39, 0.29) is 17.1 Å². The smallest absolute Gasteiger partial charge is 0.200 e. The Kier molecular flexibility index (Phi) is 5.75. The Balaban J connectivity index is 1.80. The van der Waals surface area contributed by atoms with E-state index in [1.54, 1.807) is 24.3 Å². The predicted octanol–water partition coefficient (Wildman–Crippen LogP) is 5.31. The lowest BCUT2D eigenvalue weighted by atomic mass is 9.91. The van der Waals surface area contributed by atoms with Crippen molar-refractivity contribution in [1.82, 2.24) is 9.97 Å². The van der Waals surface area contributed by atoms with Crippen LogP contribution < -0.4 is 4.74 Å². The fourth-order valence-electron chi connectivity index (χ4n) is 3.60. The standard InChI is InChI=1S/C23H17F5N2O2/c1-32-12-6-4-11(5-7-12)23(31)15-9-8-14(30-15)16(13-3-2-10-29-13)17-18(24)20(26)22(28)21(27)19(17)25/h2-10,16,23,29-31H,1H3. The zero-order chi connectivity index (χ0) is 23.0. The quantitative estimate of drug-likeness (QED) is 0.213. The van der Waals surface area contributed by atoms with Crippen LogP contribution in [0.3, 0.4) is 0 Å². The predicted molar refractivity (Wildman–Crippen MR) is 106 cm³/mol. The van der Waals surface area contributed by atoms with Gasteiger partial charge in [0.15, 0.2) is 23.3 Å². The van der Waals surface area contributed by atoms with Gasteiger partial charge in [-0.1, -0.05) is 12.1 Å². The van der Waals surface area contributed by atoms with Crippen molar-refractivity contribution in [3.05, 3.63) is 112 Å². The van der Waals surface area contributed by atoms with E-state index in [9.17, 15) is 27.1 Å². The normalized spacial score (nSPS) is 13.2. The Morgan fingerprint density at radius 2 is 1.34 bits per heavy atom. The number of rotatable bonds is 6. The number of hydrogen-bond donors (Lipinski definition) is 3. The van der Waals surface area contributed by atoms with Gasteiger partial charge >= 0.3 is 0 Å². The van der Waals surface area contributed by atoms with Crippen molar-refractivity contribution in [2.75, 3.05) is 7.11 Å². The molecule has 166 valence electrons. The Hall–Kier alpha value is -3.59. The summed E-state index contributed by atoms with van der Waals surface area (Å²) < 4.78 is 75.7. The number of halogens is 5. The highest BCUT2D eigenvalue weighted by molar-refractivity contribution is 5.42. The second-order valence-corrected chi connectivity index (χ2v) is 7.09. The molecular weight excluding hydrogens is 431 g/mol. The van der Waals surface area contributed by atoms with Gasteiger partial charge < -0.3 is 19.8 Å². The molecule has 9 heteroatoms. The van der Waals surface area contributed by atoms with Gasteiger partial charge in [0.2, 0.25) is 5.82 Å². The van der Waals surface area contributed by atoms with E-state index >= 15 is 0 Å². The van der Waals surface area contributed by atoms with Gasteiger partial charge in [0.25, 0.3) is 0 Å². The van der Waals surface area contributed by atoms with Gasteiger partial charge in [-0.05, 0) is 42.0 Å². The highest BCUT2D eigenvalue weighted by Crippen LogP contribution is 2.37. The van der Waals surface area contributed by atoms with Crippen LogP contribution in [0.15, 0.2) is 54.7 Å². The summed E-state index contributed by atoms with van der Waals surface area (Å²) in [6, 6.07) is 12.5. The van der Waals surface area contributed by atoms with Crippen LogP contribution in [0.2, 0.25) is 0 Å². The number of methoxy groups -OCH3 is 1. The van der Waals surface area contributed by atoms with E-state index in [0.717, 1.165) is 0 Å². The first-order valence-corrected chi connectivity index (χ1v) is 9.48. The number of benzene rings is 2. The van der Waals surface area contributed by atoms with Crippen molar-refractivity contribution < 1.29 is 31.8 Å². The highest BCUT2D eigenvalue weighted by Gasteiger charge is 2.33. The molecule has 3 N–H and O–H groups in total. The van der Waals surface area contributed by atoms with Crippen LogP contribution in [-0.4, -0.2) is 22.2 Å². The zero-order valence-corrected chi connectivity index (χ0v) is 16.6. The van der Waals surface area contributed by atoms with Crippen molar-refractivity contribution in [3.8, 4) is 5.75 Å². The van der Waals surface area contributed by atoms with Crippen LogP contribution in [0.25, 0.3) is 0 Å². The SMILES string of the molecule is COc1ccc(C(O)c2ccc(C(c3ccc[nH]3)c3c(F)c(F)c(F)c(F)c3F)[nH]2)cc1. The third-order valence-corrected chi connectivity index (χ3v) is 5.23. The molecule has 0 fully saturated rings. The molecule has 4 rings (SSSR count). The molecule has 0 spiro atoms. The van der Waals surface area contributed by atoms with Crippen LogP contribution >= 0.6 is 0 Å². The van der Waals surface area contributed by atoms with Crippen LogP contribution in [-0.2, 0) is 0 Å². The van der Waals surface area contributed by atoms with Gasteiger partial charge in [-0.3, -0.25) is 0 Å². The summed E-state index contributed by atoms with van der Waals surface area (Å²) in [4.78, 5) is 5.62. The summed E-state index contributed by atoms with van der Waals surface area (Å²) in [6.45, 7) is 0. The molecule has 0 bridgehead atoms. The lowest BCUT2D eigenvalue weighted by Crippen LogP contribution is -2.14. The molecule has 0 amide bonds. The molecular formula is C23H17F5N2O2. The molecule has 0 radical (unpaired) electrons. The van der Waals surface area contributed by atoms with E-state index < -0.39 is 46.7 Å². The first-order valence-electron chi connectivity index (χ1n) is 9.48. The third kappa shape index (κ3) is 3.64. The van der Waals surface area contributed by atoms with Gasteiger partial charge in [0, 0.05) is 28.8 Å².